The molecule has 94 valence electrons. The van der Waals surface area contributed by atoms with Gasteiger partial charge in [-0.2, -0.15) is 4.80 Å². The average Bonchev–Trinajstić information content (AvgIpc) is 2.93. The normalized spacial score (nSPS) is 24.5. The summed E-state index contributed by atoms with van der Waals surface area (Å²) in [5.74, 6) is 0.475. The van der Waals surface area contributed by atoms with E-state index in [1.165, 1.54) is 4.80 Å². The number of piperidine rings is 1. The highest BCUT2D eigenvalue weighted by molar-refractivity contribution is 4.85. The molecule has 7 heteroatoms. The molecular formula is C10H17N5O2. The van der Waals surface area contributed by atoms with Crippen molar-refractivity contribution in [2.45, 2.75) is 25.2 Å². The van der Waals surface area contributed by atoms with Gasteiger partial charge in [-0.05, 0) is 5.21 Å². The molecule has 0 saturated carbocycles. The van der Waals surface area contributed by atoms with Crippen LogP contribution in [0.5, 0.6) is 0 Å². The van der Waals surface area contributed by atoms with Gasteiger partial charge in [-0.25, -0.2) is 0 Å². The zero-order chi connectivity index (χ0) is 11.7. The predicted octanol–water partition coefficient (Wildman–Crippen LogP) is -0.451. The zero-order valence-electron chi connectivity index (χ0n) is 10.0. The van der Waals surface area contributed by atoms with Crippen LogP contribution in [0.4, 0.5) is 0 Å². The summed E-state index contributed by atoms with van der Waals surface area (Å²) in [4.78, 5) is 3.80. The van der Waals surface area contributed by atoms with Crippen LogP contribution in [0.25, 0.3) is 0 Å². The van der Waals surface area contributed by atoms with Crippen LogP contribution in [-0.4, -0.2) is 57.2 Å². The topological polar surface area (TPSA) is 65.3 Å². The van der Waals surface area contributed by atoms with E-state index in [-0.39, 0.29) is 5.79 Å². The quantitative estimate of drug-likeness (QED) is 0.696. The lowest BCUT2D eigenvalue weighted by atomic mass is 10.0. The van der Waals surface area contributed by atoms with Crippen LogP contribution in [-0.2, 0) is 23.1 Å². The molecule has 0 aliphatic carbocycles. The maximum atomic E-state index is 5.69. The van der Waals surface area contributed by atoms with Crippen molar-refractivity contribution >= 4 is 0 Å². The maximum Gasteiger partial charge on any atom is 0.188 e. The molecule has 1 aromatic rings. The number of nitrogens with zero attached hydrogens (tertiary/aromatic N) is 5. The first-order valence-corrected chi connectivity index (χ1v) is 5.99. The van der Waals surface area contributed by atoms with Crippen molar-refractivity contribution in [3.63, 3.8) is 0 Å². The molecule has 3 rings (SSSR count). The largest absolute Gasteiger partial charge is 0.347 e. The highest BCUT2D eigenvalue weighted by atomic mass is 16.7. The van der Waals surface area contributed by atoms with Crippen LogP contribution in [0, 0.1) is 0 Å². The second-order valence-corrected chi connectivity index (χ2v) is 4.58. The monoisotopic (exact) mass is 239 g/mol. The number of hydrogen-bond acceptors (Lipinski definition) is 6. The third kappa shape index (κ3) is 2.31. The van der Waals surface area contributed by atoms with E-state index in [0.29, 0.717) is 0 Å². The Balaban J connectivity index is 1.54. The van der Waals surface area contributed by atoms with Gasteiger partial charge >= 0.3 is 0 Å². The van der Waals surface area contributed by atoms with Crippen LogP contribution in [0.1, 0.15) is 18.7 Å². The summed E-state index contributed by atoms with van der Waals surface area (Å²) >= 11 is 0. The fourth-order valence-corrected chi connectivity index (χ4v) is 2.42. The smallest absolute Gasteiger partial charge is 0.188 e. The summed E-state index contributed by atoms with van der Waals surface area (Å²) < 4.78 is 11.4. The van der Waals surface area contributed by atoms with Crippen LogP contribution in [0.3, 0.4) is 0 Å². The van der Waals surface area contributed by atoms with E-state index in [9.17, 15) is 0 Å². The number of likely N-dealkylation sites (tertiary alicyclic amines) is 1. The summed E-state index contributed by atoms with van der Waals surface area (Å²) in [5, 5.41) is 12.0. The molecule has 2 aliphatic rings. The Hall–Kier alpha value is -1.05. The summed E-state index contributed by atoms with van der Waals surface area (Å²) in [7, 11) is 1.78. The van der Waals surface area contributed by atoms with Crippen LogP contribution >= 0.6 is 0 Å². The number of aryl methyl sites for hydroxylation is 1. The summed E-state index contributed by atoms with van der Waals surface area (Å²) in [5.41, 5.74) is 0. The summed E-state index contributed by atoms with van der Waals surface area (Å²) in [6.45, 7) is 4.12. The first kappa shape index (κ1) is 11.1. The Labute approximate surface area is 99.7 Å². The maximum absolute atomic E-state index is 5.69. The number of rotatable bonds is 2. The fourth-order valence-electron chi connectivity index (χ4n) is 2.42. The van der Waals surface area contributed by atoms with Crippen LogP contribution < -0.4 is 0 Å². The van der Waals surface area contributed by atoms with Crippen molar-refractivity contribution in [3.8, 4) is 0 Å². The third-order valence-electron chi connectivity index (χ3n) is 3.35. The molecule has 0 bridgehead atoms. The van der Waals surface area contributed by atoms with Gasteiger partial charge in [0.15, 0.2) is 11.6 Å². The Morgan fingerprint density at radius 3 is 2.53 bits per heavy atom. The molecule has 17 heavy (non-hydrogen) atoms. The number of aromatic nitrogens is 4. The van der Waals surface area contributed by atoms with Crippen LogP contribution in [0.15, 0.2) is 0 Å². The Morgan fingerprint density at radius 2 is 1.94 bits per heavy atom. The lowest BCUT2D eigenvalue weighted by Gasteiger charge is -2.36. The lowest BCUT2D eigenvalue weighted by molar-refractivity contribution is -0.185. The van der Waals surface area contributed by atoms with Gasteiger partial charge in [0.1, 0.15) is 0 Å². The Kier molecular flexibility index (Phi) is 2.81. The van der Waals surface area contributed by atoms with Gasteiger partial charge < -0.3 is 9.47 Å². The minimum atomic E-state index is -0.299. The van der Waals surface area contributed by atoms with E-state index in [0.717, 1.165) is 51.5 Å². The highest BCUT2D eigenvalue weighted by Crippen LogP contribution is 2.31. The molecule has 0 radical (unpaired) electrons. The van der Waals surface area contributed by atoms with Gasteiger partial charge in [-0.15, -0.1) is 10.2 Å². The van der Waals surface area contributed by atoms with Gasteiger partial charge in [0.05, 0.1) is 26.8 Å². The summed E-state index contributed by atoms with van der Waals surface area (Å²) in [6, 6.07) is 0. The lowest BCUT2D eigenvalue weighted by Crippen LogP contribution is -2.44. The van der Waals surface area contributed by atoms with Crippen molar-refractivity contribution in [1.82, 2.24) is 25.1 Å². The minimum absolute atomic E-state index is 0.299. The highest BCUT2D eigenvalue weighted by Gasteiger charge is 2.39. The molecule has 3 heterocycles. The molecule has 2 saturated heterocycles. The summed E-state index contributed by atoms with van der Waals surface area (Å²) in [6.07, 6.45) is 1.85. The van der Waals surface area contributed by atoms with Gasteiger partial charge in [0.25, 0.3) is 0 Å². The fraction of sp³-hybridized carbons (Fsp3) is 0.900. The molecule has 0 atom stereocenters. The second kappa shape index (κ2) is 4.32. The van der Waals surface area contributed by atoms with E-state index in [2.05, 4.69) is 20.3 Å². The van der Waals surface area contributed by atoms with Crippen molar-refractivity contribution in [3.05, 3.63) is 5.82 Å². The van der Waals surface area contributed by atoms with Crippen molar-refractivity contribution in [1.29, 1.82) is 0 Å². The first-order valence-electron chi connectivity index (χ1n) is 5.99. The van der Waals surface area contributed by atoms with E-state index in [4.69, 9.17) is 9.47 Å². The molecule has 2 aliphatic heterocycles. The van der Waals surface area contributed by atoms with Crippen molar-refractivity contribution < 1.29 is 9.47 Å². The molecular weight excluding hydrogens is 222 g/mol. The first-order chi connectivity index (χ1) is 8.26. The standard InChI is InChI=1S/C10H17N5O2/c1-14-12-9(11-13-14)8-15-4-2-10(3-5-15)16-6-7-17-10/h2-8H2,1H3. The third-order valence-corrected chi connectivity index (χ3v) is 3.35. The molecule has 0 amide bonds. The second-order valence-electron chi connectivity index (χ2n) is 4.58. The van der Waals surface area contributed by atoms with Gasteiger partial charge in [0.2, 0.25) is 0 Å². The Morgan fingerprint density at radius 1 is 1.24 bits per heavy atom. The molecule has 1 spiro atoms. The molecule has 0 N–H and O–H groups in total. The molecule has 7 nitrogen and oxygen atoms in total. The molecule has 1 aromatic heterocycles. The van der Waals surface area contributed by atoms with Crippen LogP contribution in [0.2, 0.25) is 0 Å². The number of ether oxygens (including phenoxy) is 2. The van der Waals surface area contributed by atoms with Gasteiger partial charge in [-0.1, -0.05) is 0 Å². The molecule has 2 fully saturated rings. The van der Waals surface area contributed by atoms with E-state index in [1.54, 1.807) is 7.05 Å². The molecule has 0 aromatic carbocycles. The van der Waals surface area contributed by atoms with Crippen molar-refractivity contribution in [2.24, 2.45) is 7.05 Å². The average molecular weight is 239 g/mol. The van der Waals surface area contributed by atoms with Gasteiger partial charge in [-0.3, -0.25) is 4.90 Å². The zero-order valence-corrected chi connectivity index (χ0v) is 10.0. The van der Waals surface area contributed by atoms with E-state index in [1.807, 2.05) is 0 Å². The van der Waals surface area contributed by atoms with E-state index >= 15 is 0 Å². The van der Waals surface area contributed by atoms with Gasteiger partial charge in [0, 0.05) is 25.9 Å². The van der Waals surface area contributed by atoms with E-state index < -0.39 is 0 Å². The number of tetrazole rings is 1. The number of hydrogen-bond donors (Lipinski definition) is 0. The predicted molar refractivity (Wildman–Crippen MR) is 57.9 cm³/mol. The molecule has 0 unspecified atom stereocenters. The minimum Gasteiger partial charge on any atom is -0.347 e. The van der Waals surface area contributed by atoms with Crippen molar-refractivity contribution in [2.75, 3.05) is 26.3 Å². The SMILES string of the molecule is Cn1nnc(CN2CCC3(CC2)OCCO3)n1. The Bertz CT molecular complexity index is 378.